The van der Waals surface area contributed by atoms with E-state index >= 15 is 0 Å². The average Bonchev–Trinajstić information content (AvgIpc) is 3.24. The third-order valence-corrected chi connectivity index (χ3v) is 7.43. The zero-order valence-corrected chi connectivity index (χ0v) is 17.4. The number of H-pyrrole nitrogens is 1. The molecule has 0 amide bonds. The molecule has 0 unspecified atom stereocenters. The zero-order chi connectivity index (χ0) is 20.4. The van der Waals surface area contributed by atoms with Gasteiger partial charge in [-0.1, -0.05) is 29.8 Å². The van der Waals surface area contributed by atoms with Crippen LogP contribution in [-0.4, -0.2) is 43.1 Å². The summed E-state index contributed by atoms with van der Waals surface area (Å²) >= 11 is 0. The monoisotopic (exact) mass is 411 g/mol. The number of nitrogens with one attached hydrogen (secondary N) is 1. The van der Waals surface area contributed by atoms with Crippen LogP contribution < -0.4 is 4.74 Å². The zero-order valence-electron chi connectivity index (χ0n) is 16.6. The molecule has 2 aromatic carbocycles. The average molecular weight is 412 g/mol. The minimum atomic E-state index is -3.44. The molecular weight excluding hydrogens is 386 g/mol. The van der Waals surface area contributed by atoms with Crippen LogP contribution in [0, 0.1) is 6.92 Å². The van der Waals surface area contributed by atoms with E-state index in [1.165, 1.54) is 0 Å². The van der Waals surface area contributed by atoms with Gasteiger partial charge in [-0.05, 0) is 50.1 Å². The molecule has 1 saturated heterocycles. The number of aryl methyl sites for hydroxylation is 1. The molecule has 1 aromatic heterocycles. The first kappa shape index (κ1) is 19.7. The topological polar surface area (TPSA) is 75.3 Å². The van der Waals surface area contributed by atoms with Crippen LogP contribution in [0.15, 0.2) is 59.5 Å². The molecule has 152 valence electrons. The van der Waals surface area contributed by atoms with E-state index in [1.807, 2.05) is 43.3 Å². The smallest absolute Gasteiger partial charge is 0.243 e. The second kappa shape index (κ2) is 8.00. The molecule has 1 aliphatic heterocycles. The molecule has 3 aromatic rings. The van der Waals surface area contributed by atoms with Gasteiger partial charge in [0.05, 0.1) is 17.7 Å². The molecule has 0 atom stereocenters. The first-order chi connectivity index (χ1) is 14.0. The van der Waals surface area contributed by atoms with E-state index in [4.69, 9.17) is 4.74 Å². The number of benzene rings is 2. The van der Waals surface area contributed by atoms with Gasteiger partial charge in [0.1, 0.15) is 5.75 Å². The number of piperidine rings is 1. The standard InChI is InChI=1S/C22H25N3O3S/c1-16-6-8-20(9-7-16)29(26,27)25-12-10-17(11-13-25)21-15-22(24-23-21)18-4-3-5-19(14-18)28-2/h3-9,14-15,17H,10-13H2,1-2H3,(H,23,24). The van der Waals surface area contributed by atoms with E-state index in [9.17, 15) is 8.42 Å². The number of ether oxygens (including phenoxy) is 1. The Labute approximate surface area is 171 Å². The first-order valence-electron chi connectivity index (χ1n) is 9.74. The highest BCUT2D eigenvalue weighted by Crippen LogP contribution is 2.32. The molecule has 4 rings (SSSR count). The number of sulfonamides is 1. The highest BCUT2D eigenvalue weighted by Gasteiger charge is 2.30. The summed E-state index contributed by atoms with van der Waals surface area (Å²) in [6.07, 6.45) is 1.54. The van der Waals surface area contributed by atoms with E-state index in [-0.39, 0.29) is 5.92 Å². The van der Waals surface area contributed by atoms with Crippen molar-refractivity contribution in [2.24, 2.45) is 0 Å². The van der Waals surface area contributed by atoms with E-state index in [1.54, 1.807) is 23.5 Å². The summed E-state index contributed by atoms with van der Waals surface area (Å²) < 4.78 is 32.6. The lowest BCUT2D eigenvalue weighted by molar-refractivity contribution is 0.316. The minimum absolute atomic E-state index is 0.270. The number of aromatic nitrogens is 2. The van der Waals surface area contributed by atoms with E-state index in [0.717, 1.165) is 41.1 Å². The van der Waals surface area contributed by atoms with Crippen molar-refractivity contribution >= 4 is 10.0 Å². The molecule has 1 fully saturated rings. The van der Waals surface area contributed by atoms with Crippen LogP contribution in [0.5, 0.6) is 5.75 Å². The van der Waals surface area contributed by atoms with Crippen LogP contribution in [0.25, 0.3) is 11.3 Å². The van der Waals surface area contributed by atoms with Gasteiger partial charge in [-0.15, -0.1) is 0 Å². The fourth-order valence-electron chi connectivity index (χ4n) is 3.74. The van der Waals surface area contributed by atoms with Crippen molar-refractivity contribution in [1.82, 2.24) is 14.5 Å². The third kappa shape index (κ3) is 4.06. The van der Waals surface area contributed by atoms with Crippen LogP contribution in [0.4, 0.5) is 0 Å². The molecule has 0 aliphatic carbocycles. The van der Waals surface area contributed by atoms with Crippen molar-refractivity contribution in [1.29, 1.82) is 0 Å². The maximum Gasteiger partial charge on any atom is 0.243 e. The van der Waals surface area contributed by atoms with Crippen molar-refractivity contribution in [3.05, 3.63) is 65.9 Å². The molecule has 0 bridgehead atoms. The molecule has 6 nitrogen and oxygen atoms in total. The molecule has 2 heterocycles. The lowest BCUT2D eigenvalue weighted by Crippen LogP contribution is -2.37. The van der Waals surface area contributed by atoms with Crippen LogP contribution in [0.1, 0.15) is 30.0 Å². The quantitative estimate of drug-likeness (QED) is 0.689. The van der Waals surface area contributed by atoms with Crippen LogP contribution >= 0.6 is 0 Å². The summed E-state index contributed by atoms with van der Waals surface area (Å²) in [5, 5.41) is 7.59. The van der Waals surface area contributed by atoms with Crippen molar-refractivity contribution in [2.45, 2.75) is 30.6 Å². The molecule has 29 heavy (non-hydrogen) atoms. The molecule has 1 aliphatic rings. The van der Waals surface area contributed by atoms with Crippen molar-refractivity contribution < 1.29 is 13.2 Å². The summed E-state index contributed by atoms with van der Waals surface area (Å²) in [7, 11) is -1.79. The number of nitrogens with zero attached hydrogens (tertiary/aromatic N) is 2. The lowest BCUT2D eigenvalue weighted by atomic mass is 9.94. The van der Waals surface area contributed by atoms with Crippen molar-refractivity contribution in [3.63, 3.8) is 0 Å². The molecular formula is C22H25N3O3S. The van der Waals surface area contributed by atoms with E-state index < -0.39 is 10.0 Å². The molecule has 0 spiro atoms. The number of rotatable bonds is 5. The third-order valence-electron chi connectivity index (χ3n) is 5.52. The largest absolute Gasteiger partial charge is 0.497 e. The molecule has 0 radical (unpaired) electrons. The maximum absolute atomic E-state index is 12.9. The maximum atomic E-state index is 12.9. The highest BCUT2D eigenvalue weighted by molar-refractivity contribution is 7.89. The van der Waals surface area contributed by atoms with Gasteiger partial charge in [-0.3, -0.25) is 5.10 Å². The van der Waals surface area contributed by atoms with Gasteiger partial charge in [-0.25, -0.2) is 8.42 Å². The SMILES string of the molecule is COc1cccc(-c2cc(C3CCN(S(=O)(=O)c4ccc(C)cc4)CC3)[nH]n2)c1. The van der Waals surface area contributed by atoms with Crippen LogP contribution in [0.3, 0.4) is 0 Å². The molecule has 1 N–H and O–H groups in total. The summed E-state index contributed by atoms with van der Waals surface area (Å²) in [5.74, 6) is 1.06. The normalized spacial score (nSPS) is 16.1. The second-order valence-electron chi connectivity index (χ2n) is 7.43. The van der Waals surface area contributed by atoms with Crippen molar-refractivity contribution in [3.8, 4) is 17.0 Å². The van der Waals surface area contributed by atoms with Gasteiger partial charge < -0.3 is 4.74 Å². The predicted molar refractivity (Wildman–Crippen MR) is 112 cm³/mol. The van der Waals surface area contributed by atoms with Crippen LogP contribution in [-0.2, 0) is 10.0 Å². The predicted octanol–water partition coefficient (Wildman–Crippen LogP) is 3.96. The summed E-state index contributed by atoms with van der Waals surface area (Å²) in [6, 6.07) is 16.9. The summed E-state index contributed by atoms with van der Waals surface area (Å²) in [5.41, 5.74) is 3.96. The first-order valence-corrected chi connectivity index (χ1v) is 11.2. The Morgan fingerprint density at radius 3 is 2.48 bits per heavy atom. The molecule has 0 saturated carbocycles. The van der Waals surface area contributed by atoms with Gasteiger partial charge in [0.25, 0.3) is 0 Å². The summed E-state index contributed by atoms with van der Waals surface area (Å²) in [4.78, 5) is 0.364. The Bertz CT molecular complexity index is 1080. The Balaban J connectivity index is 1.45. The Morgan fingerprint density at radius 2 is 1.79 bits per heavy atom. The fourth-order valence-corrected chi connectivity index (χ4v) is 5.21. The van der Waals surface area contributed by atoms with E-state index in [0.29, 0.717) is 18.0 Å². The van der Waals surface area contributed by atoms with Crippen molar-refractivity contribution in [2.75, 3.05) is 20.2 Å². The van der Waals surface area contributed by atoms with E-state index in [2.05, 4.69) is 16.3 Å². The highest BCUT2D eigenvalue weighted by atomic mass is 32.2. The summed E-state index contributed by atoms with van der Waals surface area (Å²) in [6.45, 7) is 2.97. The minimum Gasteiger partial charge on any atom is -0.497 e. The fraction of sp³-hybridized carbons (Fsp3) is 0.318. The number of aromatic amines is 1. The van der Waals surface area contributed by atoms with Gasteiger partial charge in [0.2, 0.25) is 10.0 Å². The number of methoxy groups -OCH3 is 1. The van der Waals surface area contributed by atoms with Gasteiger partial charge in [0.15, 0.2) is 0 Å². The number of hydrogen-bond acceptors (Lipinski definition) is 4. The number of hydrogen-bond donors (Lipinski definition) is 1. The van der Waals surface area contributed by atoms with Crippen LogP contribution in [0.2, 0.25) is 0 Å². The second-order valence-corrected chi connectivity index (χ2v) is 9.37. The Morgan fingerprint density at radius 1 is 1.07 bits per heavy atom. The Hall–Kier alpha value is -2.64. The van der Waals surface area contributed by atoms with Gasteiger partial charge in [0, 0.05) is 30.3 Å². The Kier molecular flexibility index (Phi) is 5.43. The molecule has 7 heteroatoms. The van der Waals surface area contributed by atoms with Gasteiger partial charge >= 0.3 is 0 Å². The van der Waals surface area contributed by atoms with Gasteiger partial charge in [-0.2, -0.15) is 9.40 Å². The lowest BCUT2D eigenvalue weighted by Gasteiger charge is -2.30.